The van der Waals surface area contributed by atoms with Gasteiger partial charge in [0, 0.05) is 49.4 Å². The fraction of sp³-hybridized carbons (Fsp3) is 0.688. The minimum Gasteiger partial charge on any atom is -0.354 e. The van der Waals surface area contributed by atoms with Crippen LogP contribution in [-0.4, -0.2) is 67.1 Å². The van der Waals surface area contributed by atoms with Crippen LogP contribution < -0.4 is 4.90 Å². The fourth-order valence-corrected chi connectivity index (χ4v) is 3.62. The van der Waals surface area contributed by atoms with Gasteiger partial charge in [-0.2, -0.15) is 0 Å². The molecule has 2 saturated heterocycles. The largest absolute Gasteiger partial charge is 0.354 e. The summed E-state index contributed by atoms with van der Waals surface area (Å²) in [4.78, 5) is 12.1. The molecule has 0 bridgehead atoms. The Bertz CT molecular complexity index is 442. The van der Waals surface area contributed by atoms with Crippen LogP contribution in [0.15, 0.2) is 22.8 Å². The van der Waals surface area contributed by atoms with E-state index in [1.54, 1.807) is 0 Å². The van der Waals surface area contributed by atoms with Crippen molar-refractivity contribution in [2.24, 2.45) is 0 Å². The van der Waals surface area contributed by atoms with Crippen molar-refractivity contribution in [1.29, 1.82) is 0 Å². The van der Waals surface area contributed by atoms with Crippen molar-refractivity contribution in [1.82, 2.24) is 14.8 Å². The summed E-state index contributed by atoms with van der Waals surface area (Å²) in [5, 5.41) is 0. The maximum Gasteiger partial charge on any atom is 0.128 e. The van der Waals surface area contributed by atoms with Crippen molar-refractivity contribution in [3.63, 3.8) is 0 Å². The zero-order valence-corrected chi connectivity index (χ0v) is 14.4. The van der Waals surface area contributed by atoms with Crippen molar-refractivity contribution in [2.75, 3.05) is 51.2 Å². The van der Waals surface area contributed by atoms with E-state index < -0.39 is 0 Å². The molecule has 0 amide bonds. The van der Waals surface area contributed by atoms with Crippen molar-refractivity contribution in [2.45, 2.75) is 25.3 Å². The summed E-state index contributed by atoms with van der Waals surface area (Å²) in [5.74, 6) is 1.10. The summed E-state index contributed by atoms with van der Waals surface area (Å²) >= 11 is 3.45. The second kappa shape index (κ2) is 7.07. The smallest absolute Gasteiger partial charge is 0.128 e. The highest BCUT2D eigenvalue weighted by molar-refractivity contribution is 9.10. The molecule has 21 heavy (non-hydrogen) atoms. The molecule has 1 atom stereocenters. The van der Waals surface area contributed by atoms with E-state index in [1.165, 1.54) is 32.4 Å². The van der Waals surface area contributed by atoms with E-state index in [4.69, 9.17) is 0 Å². The average molecular weight is 353 g/mol. The molecule has 0 aliphatic carbocycles. The molecule has 1 unspecified atom stereocenters. The Balaban J connectivity index is 1.49. The number of piperidine rings is 1. The first kappa shape index (κ1) is 15.3. The lowest BCUT2D eigenvalue weighted by atomic mass is 10.0. The van der Waals surface area contributed by atoms with Crippen LogP contribution in [0.4, 0.5) is 5.82 Å². The molecule has 3 rings (SSSR count). The van der Waals surface area contributed by atoms with E-state index in [0.717, 1.165) is 42.5 Å². The molecule has 2 fully saturated rings. The Kier molecular flexibility index (Phi) is 5.14. The van der Waals surface area contributed by atoms with E-state index in [9.17, 15) is 0 Å². The van der Waals surface area contributed by atoms with Crippen molar-refractivity contribution in [3.8, 4) is 0 Å². The highest BCUT2D eigenvalue weighted by atomic mass is 79.9. The van der Waals surface area contributed by atoms with E-state index in [2.05, 4.69) is 54.8 Å². The summed E-state index contributed by atoms with van der Waals surface area (Å²) in [6, 6.07) is 4.94. The molecule has 5 heteroatoms. The first-order valence-electron chi connectivity index (χ1n) is 8.01. The third kappa shape index (κ3) is 3.96. The number of halogens is 1. The highest BCUT2D eigenvalue weighted by Gasteiger charge is 2.24. The SMILES string of the molecule is CN1CCCCC1CN1CCN(c2ccc(Br)cn2)CC1. The van der Waals surface area contributed by atoms with Crippen LogP contribution in [0, 0.1) is 0 Å². The molecular weight excluding hydrogens is 328 g/mol. The van der Waals surface area contributed by atoms with Gasteiger partial charge in [-0.3, -0.25) is 4.90 Å². The maximum atomic E-state index is 4.51. The van der Waals surface area contributed by atoms with Crippen LogP contribution in [0.2, 0.25) is 0 Å². The lowest BCUT2D eigenvalue weighted by molar-refractivity contribution is 0.124. The van der Waals surface area contributed by atoms with E-state index >= 15 is 0 Å². The summed E-state index contributed by atoms with van der Waals surface area (Å²) in [6.45, 7) is 6.99. The van der Waals surface area contributed by atoms with Crippen LogP contribution >= 0.6 is 15.9 Å². The van der Waals surface area contributed by atoms with Gasteiger partial charge in [-0.05, 0) is 54.5 Å². The number of rotatable bonds is 3. The predicted octanol–water partition coefficient (Wildman–Crippen LogP) is 2.45. The van der Waals surface area contributed by atoms with Crippen LogP contribution in [0.25, 0.3) is 0 Å². The number of anilines is 1. The van der Waals surface area contributed by atoms with Crippen LogP contribution in [0.5, 0.6) is 0 Å². The number of piperazine rings is 1. The minimum atomic E-state index is 0.760. The molecule has 4 nitrogen and oxygen atoms in total. The van der Waals surface area contributed by atoms with Crippen LogP contribution in [0.1, 0.15) is 19.3 Å². The number of nitrogens with zero attached hydrogens (tertiary/aromatic N) is 4. The van der Waals surface area contributed by atoms with Crippen LogP contribution in [0.3, 0.4) is 0 Å². The van der Waals surface area contributed by atoms with Gasteiger partial charge in [-0.1, -0.05) is 6.42 Å². The Morgan fingerprint density at radius 1 is 1.14 bits per heavy atom. The molecule has 0 saturated carbocycles. The Morgan fingerprint density at radius 3 is 2.62 bits per heavy atom. The summed E-state index contributed by atoms with van der Waals surface area (Å²) in [7, 11) is 2.28. The molecule has 0 radical (unpaired) electrons. The minimum absolute atomic E-state index is 0.760. The van der Waals surface area contributed by atoms with Gasteiger partial charge in [0.1, 0.15) is 5.82 Å². The molecule has 116 valence electrons. The molecular formula is C16H25BrN4. The fourth-order valence-electron chi connectivity index (χ4n) is 3.39. The van der Waals surface area contributed by atoms with Gasteiger partial charge in [0.15, 0.2) is 0 Å². The lowest BCUT2D eigenvalue weighted by Crippen LogP contribution is -2.52. The van der Waals surface area contributed by atoms with Crippen molar-refractivity contribution < 1.29 is 0 Å². The molecule has 2 aliphatic rings. The third-order valence-electron chi connectivity index (χ3n) is 4.80. The summed E-state index contributed by atoms with van der Waals surface area (Å²) in [5.41, 5.74) is 0. The Morgan fingerprint density at radius 2 is 1.95 bits per heavy atom. The average Bonchev–Trinajstić information content (AvgIpc) is 2.51. The van der Waals surface area contributed by atoms with E-state index in [-0.39, 0.29) is 0 Å². The molecule has 1 aromatic rings. The van der Waals surface area contributed by atoms with Gasteiger partial charge in [0.25, 0.3) is 0 Å². The quantitative estimate of drug-likeness (QED) is 0.833. The first-order chi connectivity index (χ1) is 10.2. The van der Waals surface area contributed by atoms with Crippen molar-refractivity contribution >= 4 is 21.7 Å². The van der Waals surface area contributed by atoms with Crippen LogP contribution in [-0.2, 0) is 0 Å². The van der Waals surface area contributed by atoms with E-state index in [0.29, 0.717) is 0 Å². The number of hydrogen-bond donors (Lipinski definition) is 0. The predicted molar refractivity (Wildman–Crippen MR) is 90.9 cm³/mol. The Labute approximate surface area is 136 Å². The molecule has 3 heterocycles. The molecule has 0 N–H and O–H groups in total. The summed E-state index contributed by atoms with van der Waals surface area (Å²) < 4.78 is 1.05. The zero-order valence-electron chi connectivity index (χ0n) is 12.8. The first-order valence-corrected chi connectivity index (χ1v) is 8.81. The van der Waals surface area contributed by atoms with Gasteiger partial charge >= 0.3 is 0 Å². The number of pyridine rings is 1. The molecule has 1 aromatic heterocycles. The van der Waals surface area contributed by atoms with Gasteiger partial charge in [-0.25, -0.2) is 4.98 Å². The second-order valence-electron chi connectivity index (χ2n) is 6.25. The highest BCUT2D eigenvalue weighted by Crippen LogP contribution is 2.19. The lowest BCUT2D eigenvalue weighted by Gasteiger charge is -2.40. The van der Waals surface area contributed by atoms with Gasteiger partial charge in [0.05, 0.1) is 0 Å². The molecule has 0 spiro atoms. The van der Waals surface area contributed by atoms with E-state index in [1.807, 2.05) is 6.20 Å². The summed E-state index contributed by atoms with van der Waals surface area (Å²) in [6.07, 6.45) is 6.03. The monoisotopic (exact) mass is 352 g/mol. The topological polar surface area (TPSA) is 22.6 Å². The van der Waals surface area contributed by atoms with Gasteiger partial charge in [0.2, 0.25) is 0 Å². The zero-order chi connectivity index (χ0) is 14.7. The standard InChI is InChI=1S/C16H25BrN4/c1-19-7-3-2-4-15(19)13-20-8-10-21(11-9-20)16-6-5-14(17)12-18-16/h5-6,12,15H,2-4,7-11,13H2,1H3. The number of aromatic nitrogens is 1. The number of hydrogen-bond acceptors (Lipinski definition) is 4. The third-order valence-corrected chi connectivity index (χ3v) is 5.27. The van der Waals surface area contributed by atoms with Gasteiger partial charge < -0.3 is 9.80 Å². The normalized spacial score (nSPS) is 25.2. The van der Waals surface area contributed by atoms with Gasteiger partial charge in [-0.15, -0.1) is 0 Å². The Hall–Kier alpha value is -0.650. The maximum absolute atomic E-state index is 4.51. The number of likely N-dealkylation sites (N-methyl/N-ethyl adjacent to an activating group) is 1. The second-order valence-corrected chi connectivity index (χ2v) is 7.17. The molecule has 0 aromatic carbocycles. The van der Waals surface area contributed by atoms with Crippen molar-refractivity contribution in [3.05, 3.63) is 22.8 Å². The number of likely N-dealkylation sites (tertiary alicyclic amines) is 1. The molecule has 2 aliphatic heterocycles.